The van der Waals surface area contributed by atoms with Gasteiger partial charge in [-0.25, -0.2) is 0 Å². The first-order chi connectivity index (χ1) is 8.08. The maximum absolute atomic E-state index is 6.03. The maximum atomic E-state index is 6.03. The van der Waals surface area contributed by atoms with Gasteiger partial charge in [-0.15, -0.1) is 0 Å². The fourth-order valence-corrected chi connectivity index (χ4v) is 1.70. The van der Waals surface area contributed by atoms with E-state index in [9.17, 15) is 0 Å². The molecule has 0 bridgehead atoms. The second-order valence-corrected chi connectivity index (χ2v) is 4.50. The molecule has 94 valence electrons. The summed E-state index contributed by atoms with van der Waals surface area (Å²) in [6.45, 7) is 4.87. The number of nitrogens with one attached hydrogen (secondary N) is 2. The van der Waals surface area contributed by atoms with Gasteiger partial charge in [-0.2, -0.15) is 0 Å². The number of rotatable bonds is 4. The second-order valence-electron chi connectivity index (χ2n) is 3.68. The van der Waals surface area contributed by atoms with Crippen molar-refractivity contribution in [3.63, 3.8) is 0 Å². The predicted molar refractivity (Wildman–Crippen MR) is 77.3 cm³/mol. The molecule has 3 nitrogen and oxygen atoms in total. The Balaban J connectivity index is 2.82. The highest BCUT2D eigenvalue weighted by Gasteiger charge is 2.07. The van der Waals surface area contributed by atoms with E-state index in [0.29, 0.717) is 15.9 Å². The summed E-state index contributed by atoms with van der Waals surface area (Å²) in [6.07, 6.45) is 1.03. The van der Waals surface area contributed by atoms with E-state index in [4.69, 9.17) is 28.6 Å². The first-order valence-electron chi connectivity index (χ1n) is 5.47. The lowest BCUT2D eigenvalue weighted by Crippen LogP contribution is -2.29. The van der Waals surface area contributed by atoms with Gasteiger partial charge in [0.2, 0.25) is 0 Å². The molecule has 0 unspecified atom stereocenters. The van der Waals surface area contributed by atoms with Crippen LogP contribution in [0, 0.1) is 6.92 Å². The average Bonchev–Trinajstić information content (AvgIpc) is 2.31. The molecule has 1 rings (SSSR count). The molecule has 0 fully saturated rings. The van der Waals surface area contributed by atoms with Crippen LogP contribution >= 0.6 is 23.8 Å². The van der Waals surface area contributed by atoms with Gasteiger partial charge in [0.1, 0.15) is 5.75 Å². The Labute approximate surface area is 112 Å². The molecule has 0 aliphatic rings. The van der Waals surface area contributed by atoms with Gasteiger partial charge in [0.25, 0.3) is 0 Å². The summed E-state index contributed by atoms with van der Waals surface area (Å²) >= 11 is 11.2. The summed E-state index contributed by atoms with van der Waals surface area (Å²) in [5.74, 6) is 0.682. The standard InChI is InChI=1S/C12H17ClN2OS/c1-4-5-14-12(17)15-10-6-8(2)9(13)7-11(10)16-3/h6-7H,4-5H2,1-3H3,(H2,14,15,17). The van der Waals surface area contributed by atoms with Gasteiger partial charge >= 0.3 is 0 Å². The van der Waals surface area contributed by atoms with E-state index >= 15 is 0 Å². The van der Waals surface area contributed by atoms with Crippen LogP contribution in [0.2, 0.25) is 5.02 Å². The lowest BCUT2D eigenvalue weighted by molar-refractivity contribution is 0.417. The van der Waals surface area contributed by atoms with Crippen LogP contribution in [0.15, 0.2) is 12.1 Å². The monoisotopic (exact) mass is 272 g/mol. The number of anilines is 1. The molecule has 0 saturated carbocycles. The van der Waals surface area contributed by atoms with Crippen molar-refractivity contribution < 1.29 is 4.74 Å². The highest BCUT2D eigenvalue weighted by atomic mass is 35.5. The van der Waals surface area contributed by atoms with Crippen LogP contribution in [0.25, 0.3) is 0 Å². The SMILES string of the molecule is CCCNC(=S)Nc1cc(C)c(Cl)cc1OC. The van der Waals surface area contributed by atoms with Crippen molar-refractivity contribution in [2.24, 2.45) is 0 Å². The van der Waals surface area contributed by atoms with E-state index in [2.05, 4.69) is 17.6 Å². The molecule has 0 heterocycles. The summed E-state index contributed by atoms with van der Waals surface area (Å²) in [5.41, 5.74) is 1.80. The van der Waals surface area contributed by atoms with Gasteiger partial charge in [-0.1, -0.05) is 18.5 Å². The Hall–Kier alpha value is -1.00. The van der Waals surface area contributed by atoms with E-state index in [-0.39, 0.29) is 0 Å². The molecule has 0 amide bonds. The highest BCUT2D eigenvalue weighted by Crippen LogP contribution is 2.30. The van der Waals surface area contributed by atoms with Crippen molar-refractivity contribution in [2.45, 2.75) is 20.3 Å². The van der Waals surface area contributed by atoms with Crippen LogP contribution in [-0.4, -0.2) is 18.8 Å². The molecule has 2 N–H and O–H groups in total. The Kier molecular flexibility index (Phi) is 5.51. The van der Waals surface area contributed by atoms with E-state index in [1.807, 2.05) is 13.0 Å². The second kappa shape index (κ2) is 6.67. The third kappa shape index (κ3) is 4.06. The van der Waals surface area contributed by atoms with Crippen LogP contribution in [0.5, 0.6) is 5.75 Å². The first-order valence-corrected chi connectivity index (χ1v) is 6.26. The molecule has 0 radical (unpaired) electrons. The minimum Gasteiger partial charge on any atom is -0.495 e. The quantitative estimate of drug-likeness (QED) is 0.824. The van der Waals surface area contributed by atoms with Crippen LogP contribution in [0.1, 0.15) is 18.9 Å². The van der Waals surface area contributed by atoms with Crippen molar-refractivity contribution in [2.75, 3.05) is 19.0 Å². The number of ether oxygens (including phenoxy) is 1. The molecule has 0 spiro atoms. The Morgan fingerprint density at radius 3 is 2.76 bits per heavy atom. The number of halogens is 1. The minimum absolute atomic E-state index is 0.590. The smallest absolute Gasteiger partial charge is 0.170 e. The van der Waals surface area contributed by atoms with Crippen molar-refractivity contribution in [1.82, 2.24) is 5.32 Å². The number of methoxy groups -OCH3 is 1. The van der Waals surface area contributed by atoms with Crippen LogP contribution in [-0.2, 0) is 0 Å². The molecular weight excluding hydrogens is 256 g/mol. The lowest BCUT2D eigenvalue weighted by atomic mass is 10.2. The largest absolute Gasteiger partial charge is 0.495 e. The van der Waals surface area contributed by atoms with E-state index in [1.54, 1.807) is 13.2 Å². The van der Waals surface area contributed by atoms with Crippen LogP contribution < -0.4 is 15.4 Å². The number of thiocarbonyl (C=S) groups is 1. The zero-order valence-electron chi connectivity index (χ0n) is 10.3. The van der Waals surface area contributed by atoms with Gasteiger partial charge in [0, 0.05) is 17.6 Å². The summed E-state index contributed by atoms with van der Waals surface area (Å²) in [7, 11) is 1.61. The molecule has 0 aliphatic heterocycles. The van der Waals surface area contributed by atoms with Gasteiger partial charge in [0.15, 0.2) is 5.11 Å². The fraction of sp³-hybridized carbons (Fsp3) is 0.417. The normalized spacial score (nSPS) is 9.88. The van der Waals surface area contributed by atoms with Gasteiger partial charge in [0.05, 0.1) is 12.8 Å². The summed E-state index contributed by atoms with van der Waals surface area (Å²) < 4.78 is 5.25. The van der Waals surface area contributed by atoms with Crippen molar-refractivity contribution in [3.05, 3.63) is 22.7 Å². The third-order valence-electron chi connectivity index (χ3n) is 2.26. The Bertz CT molecular complexity index is 410. The average molecular weight is 273 g/mol. The Morgan fingerprint density at radius 1 is 1.47 bits per heavy atom. The fourth-order valence-electron chi connectivity index (χ4n) is 1.33. The van der Waals surface area contributed by atoms with Crippen molar-refractivity contribution >= 4 is 34.6 Å². The predicted octanol–water partition coefficient (Wildman–Crippen LogP) is 3.35. The van der Waals surface area contributed by atoms with Crippen molar-refractivity contribution in [3.8, 4) is 5.75 Å². The van der Waals surface area contributed by atoms with Crippen LogP contribution in [0.3, 0.4) is 0 Å². The molecule has 0 atom stereocenters. The Morgan fingerprint density at radius 2 is 2.18 bits per heavy atom. The molecule has 5 heteroatoms. The van der Waals surface area contributed by atoms with E-state index < -0.39 is 0 Å². The van der Waals surface area contributed by atoms with Crippen LogP contribution in [0.4, 0.5) is 5.69 Å². The minimum atomic E-state index is 0.590. The zero-order chi connectivity index (χ0) is 12.8. The molecule has 0 aromatic heterocycles. The maximum Gasteiger partial charge on any atom is 0.170 e. The zero-order valence-corrected chi connectivity index (χ0v) is 11.8. The molecule has 0 saturated heterocycles. The summed E-state index contributed by atoms with van der Waals surface area (Å²) in [6, 6.07) is 3.70. The summed E-state index contributed by atoms with van der Waals surface area (Å²) in [5, 5.41) is 7.47. The number of hydrogen-bond acceptors (Lipinski definition) is 2. The number of hydrogen-bond donors (Lipinski definition) is 2. The van der Waals surface area contributed by atoms with Gasteiger partial charge < -0.3 is 15.4 Å². The number of aryl methyl sites for hydroxylation is 1. The molecule has 0 aliphatic carbocycles. The molecule has 1 aromatic rings. The molecule has 1 aromatic carbocycles. The van der Waals surface area contributed by atoms with E-state index in [0.717, 1.165) is 24.2 Å². The molecule has 17 heavy (non-hydrogen) atoms. The third-order valence-corrected chi connectivity index (χ3v) is 2.92. The van der Waals surface area contributed by atoms with E-state index in [1.165, 1.54) is 0 Å². The first kappa shape index (κ1) is 14.1. The summed E-state index contributed by atoms with van der Waals surface area (Å²) in [4.78, 5) is 0. The highest BCUT2D eigenvalue weighted by molar-refractivity contribution is 7.80. The number of benzene rings is 1. The molecular formula is C12H17ClN2OS. The van der Waals surface area contributed by atoms with Gasteiger partial charge in [-0.05, 0) is 37.2 Å². The van der Waals surface area contributed by atoms with Crippen molar-refractivity contribution in [1.29, 1.82) is 0 Å². The lowest BCUT2D eigenvalue weighted by Gasteiger charge is -2.14. The van der Waals surface area contributed by atoms with Gasteiger partial charge in [-0.3, -0.25) is 0 Å². The topological polar surface area (TPSA) is 33.3 Å².